The predicted molar refractivity (Wildman–Crippen MR) is 53.6 cm³/mol. The first kappa shape index (κ1) is 10.7. The molecule has 15 heavy (non-hydrogen) atoms. The number of nitrogens with zero attached hydrogens (tertiary/aromatic N) is 1. The number of para-hydroxylation sites is 1. The molecule has 76 valence electrons. The highest BCUT2D eigenvalue weighted by Gasteiger charge is 2.11. The number of hydrogen-bond acceptors (Lipinski definition) is 4. The molecule has 0 bridgehead atoms. The molecule has 0 aromatic heterocycles. The van der Waals surface area contributed by atoms with Crippen molar-refractivity contribution < 1.29 is 9.59 Å². The van der Waals surface area contributed by atoms with E-state index in [9.17, 15) is 9.59 Å². The summed E-state index contributed by atoms with van der Waals surface area (Å²) in [4.78, 5) is 22.4. The van der Waals surface area contributed by atoms with Gasteiger partial charge in [-0.05, 0) is 12.1 Å². The van der Waals surface area contributed by atoms with Crippen LogP contribution in [0.25, 0.3) is 0 Å². The summed E-state index contributed by atoms with van der Waals surface area (Å²) < 4.78 is 0. The van der Waals surface area contributed by atoms with Crippen LogP contribution < -0.4 is 11.1 Å². The first-order valence-electron chi connectivity index (χ1n) is 4.20. The summed E-state index contributed by atoms with van der Waals surface area (Å²) in [6, 6.07) is 8.03. The number of carbonyl (C=O) groups excluding carboxylic acids is 2. The third kappa shape index (κ3) is 2.81. The summed E-state index contributed by atoms with van der Waals surface area (Å²) in [5, 5.41) is 10.3. The smallest absolute Gasteiger partial charge is 0.259 e. The number of anilines is 1. The van der Waals surface area contributed by atoms with E-state index in [1.807, 2.05) is 0 Å². The van der Waals surface area contributed by atoms with Crippen LogP contribution in [0.15, 0.2) is 24.3 Å². The Morgan fingerprint density at radius 2 is 2.07 bits per heavy atom. The lowest BCUT2D eigenvalue weighted by Crippen LogP contribution is -2.30. The van der Waals surface area contributed by atoms with Crippen LogP contribution in [0, 0.1) is 11.3 Å². The molecule has 0 fully saturated rings. The van der Waals surface area contributed by atoms with Crippen molar-refractivity contribution in [1.29, 1.82) is 5.26 Å². The fourth-order valence-electron chi connectivity index (χ4n) is 1.01. The lowest BCUT2D eigenvalue weighted by molar-refractivity contribution is -0.119. The molecular formula is C10H9N3O2. The topological polar surface area (TPSA) is 96.0 Å². The van der Waals surface area contributed by atoms with Gasteiger partial charge in [0.25, 0.3) is 5.91 Å². The molecule has 2 amide bonds. The maximum absolute atomic E-state index is 11.4. The number of nitrogens with one attached hydrogen (secondary N) is 1. The molecule has 0 atom stereocenters. The van der Waals surface area contributed by atoms with Gasteiger partial charge in [-0.25, -0.2) is 0 Å². The molecule has 0 aliphatic carbocycles. The van der Waals surface area contributed by atoms with E-state index in [0.29, 0.717) is 5.69 Å². The third-order valence-electron chi connectivity index (χ3n) is 1.70. The summed E-state index contributed by atoms with van der Waals surface area (Å²) in [6.07, 6.45) is -0.349. The summed E-state index contributed by atoms with van der Waals surface area (Å²) >= 11 is 0. The van der Waals surface area contributed by atoms with Crippen LogP contribution in [0.1, 0.15) is 16.8 Å². The minimum atomic E-state index is -0.634. The Kier molecular flexibility index (Phi) is 3.41. The van der Waals surface area contributed by atoms with Crippen LogP contribution in [0.2, 0.25) is 0 Å². The van der Waals surface area contributed by atoms with Crippen LogP contribution >= 0.6 is 0 Å². The van der Waals surface area contributed by atoms with E-state index in [2.05, 4.69) is 5.32 Å². The van der Waals surface area contributed by atoms with Gasteiger partial charge in [-0.1, -0.05) is 12.1 Å². The van der Waals surface area contributed by atoms with E-state index >= 15 is 0 Å². The second-order valence-corrected chi connectivity index (χ2v) is 2.80. The van der Waals surface area contributed by atoms with E-state index in [1.165, 1.54) is 6.07 Å². The van der Waals surface area contributed by atoms with Gasteiger partial charge in [0.05, 0.1) is 11.6 Å². The minimum absolute atomic E-state index is 0.226. The molecule has 0 heterocycles. The van der Waals surface area contributed by atoms with Gasteiger partial charge in [-0.3, -0.25) is 14.9 Å². The molecule has 5 nitrogen and oxygen atoms in total. The molecule has 0 saturated heterocycles. The van der Waals surface area contributed by atoms with Crippen molar-refractivity contribution >= 4 is 17.5 Å². The first-order valence-corrected chi connectivity index (χ1v) is 4.20. The van der Waals surface area contributed by atoms with Crippen molar-refractivity contribution in [2.24, 2.45) is 0 Å². The Morgan fingerprint density at radius 3 is 2.67 bits per heavy atom. The molecular weight excluding hydrogens is 194 g/mol. The van der Waals surface area contributed by atoms with Crippen molar-refractivity contribution in [3.05, 3.63) is 29.8 Å². The van der Waals surface area contributed by atoms with E-state index < -0.39 is 11.8 Å². The molecule has 0 aliphatic heterocycles. The van der Waals surface area contributed by atoms with Gasteiger partial charge in [0.15, 0.2) is 0 Å². The standard InChI is InChI=1S/C10H9N3O2/c11-6-5-9(14)13-10(15)7-3-1-2-4-8(7)12/h1-4H,5,12H2,(H,13,14,15). The summed E-state index contributed by atoms with van der Waals surface area (Å²) in [6.45, 7) is 0. The quantitative estimate of drug-likeness (QED) is 0.681. The minimum Gasteiger partial charge on any atom is -0.398 e. The second kappa shape index (κ2) is 4.77. The zero-order valence-electron chi connectivity index (χ0n) is 7.86. The summed E-state index contributed by atoms with van der Waals surface area (Å²) in [5.41, 5.74) is 6.05. The van der Waals surface area contributed by atoms with Crippen LogP contribution in [0.3, 0.4) is 0 Å². The van der Waals surface area contributed by atoms with Crippen molar-refractivity contribution in [2.45, 2.75) is 6.42 Å². The number of nitrogens with two attached hydrogens (primary N) is 1. The SMILES string of the molecule is N#CCC(=O)NC(=O)c1ccccc1N. The molecule has 0 unspecified atom stereocenters. The number of nitrogen functional groups attached to an aromatic ring is 1. The lowest BCUT2D eigenvalue weighted by Gasteiger charge is -2.04. The number of amides is 2. The summed E-state index contributed by atoms with van der Waals surface area (Å²) in [5.74, 6) is -1.22. The predicted octanol–water partition coefficient (Wildman–Crippen LogP) is 0.439. The Labute approximate surface area is 86.5 Å². The van der Waals surface area contributed by atoms with E-state index in [4.69, 9.17) is 11.0 Å². The molecule has 0 saturated carbocycles. The molecule has 0 spiro atoms. The summed E-state index contributed by atoms with van der Waals surface area (Å²) in [7, 11) is 0. The van der Waals surface area contributed by atoms with Gasteiger partial charge in [-0.2, -0.15) is 5.26 Å². The third-order valence-corrected chi connectivity index (χ3v) is 1.70. The number of imide groups is 1. The maximum atomic E-state index is 11.4. The highest BCUT2D eigenvalue weighted by molar-refractivity contribution is 6.07. The van der Waals surface area contributed by atoms with Crippen molar-refractivity contribution in [3.63, 3.8) is 0 Å². The fourth-order valence-corrected chi connectivity index (χ4v) is 1.01. The van der Waals surface area contributed by atoms with Gasteiger partial charge < -0.3 is 5.73 Å². The van der Waals surface area contributed by atoms with Crippen molar-refractivity contribution in [1.82, 2.24) is 5.32 Å². The first-order chi connectivity index (χ1) is 7.15. The molecule has 3 N–H and O–H groups in total. The van der Waals surface area contributed by atoms with Crippen LogP contribution in [0.5, 0.6) is 0 Å². The Balaban J connectivity index is 2.75. The number of nitriles is 1. The normalized spacial score (nSPS) is 9.00. The average Bonchev–Trinajstić information content (AvgIpc) is 2.18. The monoisotopic (exact) mass is 203 g/mol. The van der Waals surface area contributed by atoms with Gasteiger partial charge in [0, 0.05) is 5.69 Å². The average molecular weight is 203 g/mol. The van der Waals surface area contributed by atoms with Gasteiger partial charge >= 0.3 is 0 Å². The Bertz CT molecular complexity index is 435. The van der Waals surface area contributed by atoms with Crippen LogP contribution in [-0.4, -0.2) is 11.8 Å². The molecule has 1 aromatic carbocycles. The molecule has 1 aromatic rings. The largest absolute Gasteiger partial charge is 0.398 e. The molecule has 1 rings (SSSR count). The number of benzene rings is 1. The Hall–Kier alpha value is -2.35. The number of rotatable bonds is 2. The zero-order chi connectivity index (χ0) is 11.3. The second-order valence-electron chi connectivity index (χ2n) is 2.80. The molecule has 5 heteroatoms. The van der Waals surface area contributed by atoms with Crippen LogP contribution in [-0.2, 0) is 4.79 Å². The maximum Gasteiger partial charge on any atom is 0.259 e. The number of hydrogen-bond donors (Lipinski definition) is 2. The van der Waals surface area contributed by atoms with E-state index in [1.54, 1.807) is 24.3 Å². The molecule has 0 aliphatic rings. The van der Waals surface area contributed by atoms with Crippen molar-refractivity contribution in [2.75, 3.05) is 5.73 Å². The van der Waals surface area contributed by atoms with E-state index in [-0.39, 0.29) is 12.0 Å². The highest BCUT2D eigenvalue weighted by atomic mass is 16.2. The molecule has 0 radical (unpaired) electrons. The Morgan fingerprint density at radius 1 is 1.40 bits per heavy atom. The van der Waals surface area contributed by atoms with Crippen LogP contribution in [0.4, 0.5) is 5.69 Å². The van der Waals surface area contributed by atoms with Gasteiger partial charge in [-0.15, -0.1) is 0 Å². The highest BCUT2D eigenvalue weighted by Crippen LogP contribution is 2.09. The number of carbonyl (C=O) groups is 2. The lowest BCUT2D eigenvalue weighted by atomic mass is 10.1. The fraction of sp³-hybridized carbons (Fsp3) is 0.100. The van der Waals surface area contributed by atoms with Gasteiger partial charge in [0.2, 0.25) is 5.91 Å². The van der Waals surface area contributed by atoms with E-state index in [0.717, 1.165) is 0 Å². The van der Waals surface area contributed by atoms with Crippen molar-refractivity contribution in [3.8, 4) is 6.07 Å². The zero-order valence-corrected chi connectivity index (χ0v) is 7.86. The van der Waals surface area contributed by atoms with Gasteiger partial charge in [0.1, 0.15) is 6.42 Å².